The van der Waals surface area contributed by atoms with Crippen LogP contribution in [0.25, 0.3) is 0 Å². The molecular formula is C18H28ClN3O. The van der Waals surface area contributed by atoms with Gasteiger partial charge in [0.05, 0.1) is 6.54 Å². The smallest absolute Gasteiger partial charge is 0.238 e. The summed E-state index contributed by atoms with van der Waals surface area (Å²) in [7, 11) is 0. The van der Waals surface area contributed by atoms with Gasteiger partial charge in [0.2, 0.25) is 5.91 Å². The molecule has 0 bridgehead atoms. The Morgan fingerprint density at radius 2 is 2.17 bits per heavy atom. The van der Waals surface area contributed by atoms with E-state index in [1.165, 1.54) is 24.0 Å². The Balaban J connectivity index is 0.00000192. The molecule has 3 rings (SSSR count). The van der Waals surface area contributed by atoms with Gasteiger partial charge >= 0.3 is 0 Å². The molecule has 0 saturated carbocycles. The summed E-state index contributed by atoms with van der Waals surface area (Å²) in [6, 6.07) is 6.87. The minimum Gasteiger partial charge on any atom is -0.325 e. The maximum absolute atomic E-state index is 12.4. The highest BCUT2D eigenvalue weighted by Crippen LogP contribution is 2.24. The fourth-order valence-corrected chi connectivity index (χ4v) is 3.66. The zero-order valence-electron chi connectivity index (χ0n) is 13.9. The van der Waals surface area contributed by atoms with Crippen molar-refractivity contribution in [2.75, 3.05) is 31.5 Å². The minimum atomic E-state index is 0. The predicted molar refractivity (Wildman–Crippen MR) is 97.5 cm³/mol. The molecule has 1 aromatic rings. The highest BCUT2D eigenvalue weighted by Gasteiger charge is 2.23. The second-order valence-electron chi connectivity index (χ2n) is 6.50. The molecular weight excluding hydrogens is 310 g/mol. The third kappa shape index (κ3) is 4.69. The number of hydrogen-bond acceptors (Lipinski definition) is 3. The molecule has 0 radical (unpaired) electrons. The Kier molecular flexibility index (Phi) is 6.88. The highest BCUT2D eigenvalue weighted by molar-refractivity contribution is 5.92. The molecule has 1 aromatic carbocycles. The van der Waals surface area contributed by atoms with Crippen LogP contribution in [0.15, 0.2) is 18.2 Å². The number of carbonyl (C=O) groups excluding carboxylic acids is 1. The van der Waals surface area contributed by atoms with Gasteiger partial charge in [-0.25, -0.2) is 0 Å². The third-order valence-corrected chi connectivity index (χ3v) is 4.79. The SMILES string of the molecule is CCCN(CC(=O)Nc1ccc2c(c1)CCC2)C1CCNC1.Cl. The lowest BCUT2D eigenvalue weighted by Gasteiger charge is -2.27. The molecule has 0 aromatic heterocycles. The Bertz CT molecular complexity index is 529. The highest BCUT2D eigenvalue weighted by atomic mass is 35.5. The summed E-state index contributed by atoms with van der Waals surface area (Å²) in [6.45, 7) is 5.73. The van der Waals surface area contributed by atoms with Crippen molar-refractivity contribution in [3.05, 3.63) is 29.3 Å². The number of anilines is 1. The van der Waals surface area contributed by atoms with Gasteiger partial charge in [-0.2, -0.15) is 0 Å². The van der Waals surface area contributed by atoms with E-state index in [1.807, 2.05) is 6.07 Å². The number of benzene rings is 1. The first kappa shape index (κ1) is 18.2. The second-order valence-corrected chi connectivity index (χ2v) is 6.50. The summed E-state index contributed by atoms with van der Waals surface area (Å²) >= 11 is 0. The Hall–Kier alpha value is -1.10. The van der Waals surface area contributed by atoms with Crippen molar-refractivity contribution in [3.63, 3.8) is 0 Å². The fraction of sp³-hybridized carbons (Fsp3) is 0.611. The first-order chi connectivity index (χ1) is 10.8. The molecule has 1 unspecified atom stereocenters. The first-order valence-electron chi connectivity index (χ1n) is 8.62. The van der Waals surface area contributed by atoms with Crippen molar-refractivity contribution in [3.8, 4) is 0 Å². The summed E-state index contributed by atoms with van der Waals surface area (Å²) in [5, 5.41) is 6.47. The number of nitrogens with zero attached hydrogens (tertiary/aromatic N) is 1. The summed E-state index contributed by atoms with van der Waals surface area (Å²) in [6.07, 6.45) is 5.80. The van der Waals surface area contributed by atoms with Crippen molar-refractivity contribution in [1.29, 1.82) is 0 Å². The molecule has 1 fully saturated rings. The molecule has 1 heterocycles. The van der Waals surface area contributed by atoms with Gasteiger partial charge in [0.15, 0.2) is 0 Å². The average molecular weight is 338 g/mol. The summed E-state index contributed by atoms with van der Waals surface area (Å²) < 4.78 is 0. The van der Waals surface area contributed by atoms with Crippen LogP contribution in [0.5, 0.6) is 0 Å². The third-order valence-electron chi connectivity index (χ3n) is 4.79. The number of rotatable bonds is 6. The topological polar surface area (TPSA) is 44.4 Å². The molecule has 1 amide bonds. The van der Waals surface area contributed by atoms with Gasteiger partial charge in [-0.1, -0.05) is 13.0 Å². The Morgan fingerprint density at radius 1 is 1.35 bits per heavy atom. The maximum Gasteiger partial charge on any atom is 0.238 e. The molecule has 1 saturated heterocycles. The molecule has 128 valence electrons. The molecule has 5 heteroatoms. The van der Waals surface area contributed by atoms with Crippen molar-refractivity contribution in [2.45, 2.75) is 45.1 Å². The lowest BCUT2D eigenvalue weighted by Crippen LogP contribution is -2.42. The molecule has 23 heavy (non-hydrogen) atoms. The van der Waals surface area contributed by atoms with Crippen LogP contribution >= 0.6 is 12.4 Å². The number of aryl methyl sites for hydroxylation is 2. The first-order valence-corrected chi connectivity index (χ1v) is 8.62. The van der Waals surface area contributed by atoms with Crippen molar-refractivity contribution in [1.82, 2.24) is 10.2 Å². The number of fused-ring (bicyclic) bond motifs is 1. The van der Waals surface area contributed by atoms with E-state index in [9.17, 15) is 4.79 Å². The monoisotopic (exact) mass is 337 g/mol. The van der Waals surface area contributed by atoms with Crippen LogP contribution in [-0.2, 0) is 17.6 Å². The zero-order valence-corrected chi connectivity index (χ0v) is 14.8. The van der Waals surface area contributed by atoms with E-state index in [0.717, 1.165) is 44.6 Å². The molecule has 0 spiro atoms. The number of amides is 1. The number of nitrogens with one attached hydrogen (secondary N) is 2. The average Bonchev–Trinajstić information content (AvgIpc) is 3.17. The van der Waals surface area contributed by atoms with Gasteiger partial charge in [-0.15, -0.1) is 12.4 Å². The van der Waals surface area contributed by atoms with E-state index < -0.39 is 0 Å². The Labute approximate surface area is 145 Å². The van der Waals surface area contributed by atoms with E-state index in [0.29, 0.717) is 12.6 Å². The van der Waals surface area contributed by atoms with Crippen LogP contribution in [0.4, 0.5) is 5.69 Å². The van der Waals surface area contributed by atoms with E-state index in [1.54, 1.807) is 0 Å². The number of carbonyl (C=O) groups is 1. The molecule has 4 nitrogen and oxygen atoms in total. The maximum atomic E-state index is 12.4. The zero-order chi connectivity index (χ0) is 15.4. The Morgan fingerprint density at radius 3 is 2.91 bits per heavy atom. The summed E-state index contributed by atoms with van der Waals surface area (Å²) in [4.78, 5) is 14.7. The van der Waals surface area contributed by atoms with Gasteiger partial charge in [0.25, 0.3) is 0 Å². The molecule has 2 aliphatic rings. The van der Waals surface area contributed by atoms with Crippen molar-refractivity contribution < 1.29 is 4.79 Å². The second kappa shape index (κ2) is 8.67. The summed E-state index contributed by atoms with van der Waals surface area (Å²) in [5.41, 5.74) is 3.80. The quantitative estimate of drug-likeness (QED) is 0.838. The molecule has 1 aliphatic carbocycles. The van der Waals surface area contributed by atoms with Gasteiger partial charge in [0.1, 0.15) is 0 Å². The minimum absolute atomic E-state index is 0. The van der Waals surface area contributed by atoms with Crippen LogP contribution < -0.4 is 10.6 Å². The predicted octanol–water partition coefficient (Wildman–Crippen LogP) is 2.61. The standard InChI is InChI=1S/C18H27N3O.ClH/c1-2-10-21(17-8-9-19-12-17)13-18(22)20-16-7-6-14-4-3-5-15(14)11-16;/h6-7,11,17,19H,2-5,8-10,12-13H2,1H3,(H,20,22);1H. The molecule has 1 atom stereocenters. The fourth-order valence-electron chi connectivity index (χ4n) is 3.66. The van der Waals surface area contributed by atoms with Crippen molar-refractivity contribution >= 4 is 24.0 Å². The van der Waals surface area contributed by atoms with Crippen molar-refractivity contribution in [2.24, 2.45) is 0 Å². The van der Waals surface area contributed by atoms with E-state index in [-0.39, 0.29) is 18.3 Å². The van der Waals surface area contributed by atoms with Crippen LogP contribution in [0.1, 0.15) is 37.3 Å². The van der Waals surface area contributed by atoms with E-state index >= 15 is 0 Å². The van der Waals surface area contributed by atoms with E-state index in [2.05, 4.69) is 34.6 Å². The number of hydrogen-bond donors (Lipinski definition) is 2. The van der Waals surface area contributed by atoms with Gasteiger partial charge < -0.3 is 10.6 Å². The molecule has 2 N–H and O–H groups in total. The van der Waals surface area contributed by atoms with Gasteiger partial charge in [-0.3, -0.25) is 9.69 Å². The lowest BCUT2D eigenvalue weighted by atomic mass is 10.1. The number of halogens is 1. The summed E-state index contributed by atoms with van der Waals surface area (Å²) in [5.74, 6) is 0.110. The van der Waals surface area contributed by atoms with Crippen LogP contribution in [0.2, 0.25) is 0 Å². The van der Waals surface area contributed by atoms with Gasteiger partial charge in [-0.05, 0) is 68.5 Å². The van der Waals surface area contributed by atoms with Crippen LogP contribution in [0.3, 0.4) is 0 Å². The van der Waals surface area contributed by atoms with Crippen LogP contribution in [0, 0.1) is 0 Å². The van der Waals surface area contributed by atoms with Crippen LogP contribution in [-0.4, -0.2) is 43.0 Å². The normalized spacial score (nSPS) is 19.5. The van der Waals surface area contributed by atoms with Gasteiger partial charge in [0, 0.05) is 18.3 Å². The lowest BCUT2D eigenvalue weighted by molar-refractivity contribution is -0.117. The van der Waals surface area contributed by atoms with E-state index in [4.69, 9.17) is 0 Å². The largest absolute Gasteiger partial charge is 0.325 e. The molecule has 1 aliphatic heterocycles.